The van der Waals surface area contributed by atoms with Crippen LogP contribution < -0.4 is 15.8 Å². The lowest BCUT2D eigenvalue weighted by atomic mass is 9.86. The van der Waals surface area contributed by atoms with Gasteiger partial charge in [-0.2, -0.15) is 13.2 Å². The van der Waals surface area contributed by atoms with Gasteiger partial charge in [0, 0.05) is 12.7 Å². The summed E-state index contributed by atoms with van der Waals surface area (Å²) in [6.07, 6.45) is 0.374. The van der Waals surface area contributed by atoms with Gasteiger partial charge in [0.1, 0.15) is 12.2 Å². The number of guanidine groups is 1. The van der Waals surface area contributed by atoms with Gasteiger partial charge in [0.05, 0.1) is 6.54 Å². The van der Waals surface area contributed by atoms with Crippen molar-refractivity contribution in [2.75, 3.05) is 19.7 Å². The van der Waals surface area contributed by atoms with Crippen LogP contribution in [-0.4, -0.2) is 30.6 Å². The number of hydrogen-bond donors (Lipinski definition) is 2. The molecule has 0 bridgehead atoms. The second-order valence-electron chi connectivity index (χ2n) is 5.15. The Labute approximate surface area is 126 Å². The van der Waals surface area contributed by atoms with Gasteiger partial charge in [-0.25, -0.2) is 4.98 Å². The monoisotopic (exact) mass is 316 g/mol. The van der Waals surface area contributed by atoms with E-state index in [1.54, 1.807) is 0 Å². The van der Waals surface area contributed by atoms with Gasteiger partial charge in [-0.3, -0.25) is 4.99 Å². The summed E-state index contributed by atoms with van der Waals surface area (Å²) >= 11 is 0. The van der Waals surface area contributed by atoms with Crippen LogP contribution in [0.5, 0.6) is 5.88 Å². The standard InChI is InChI=1S/C14H19F3N4O/c15-14(16,17)11-5-2-6-19-12(11)22-8-7-20-13(18)21-9-10-3-1-4-10/h2,5-6,10H,1,3-4,7-9H2,(H3,18,20,21). The van der Waals surface area contributed by atoms with Crippen molar-refractivity contribution in [3.8, 4) is 5.88 Å². The van der Waals surface area contributed by atoms with Crippen molar-refractivity contribution in [1.82, 2.24) is 10.3 Å². The van der Waals surface area contributed by atoms with Crippen molar-refractivity contribution in [1.29, 1.82) is 0 Å². The Morgan fingerprint density at radius 2 is 2.23 bits per heavy atom. The fourth-order valence-corrected chi connectivity index (χ4v) is 2.01. The molecule has 1 fully saturated rings. The molecule has 0 saturated heterocycles. The third kappa shape index (κ3) is 4.78. The molecule has 22 heavy (non-hydrogen) atoms. The van der Waals surface area contributed by atoms with E-state index in [4.69, 9.17) is 10.5 Å². The third-order valence-electron chi connectivity index (χ3n) is 3.47. The summed E-state index contributed by atoms with van der Waals surface area (Å²) in [6.45, 7) is 0.964. The van der Waals surface area contributed by atoms with Gasteiger partial charge in [-0.1, -0.05) is 6.42 Å². The van der Waals surface area contributed by atoms with Crippen LogP contribution in [0.25, 0.3) is 0 Å². The van der Waals surface area contributed by atoms with Gasteiger partial charge in [-0.15, -0.1) is 0 Å². The Bertz CT molecular complexity index is 515. The maximum absolute atomic E-state index is 12.7. The van der Waals surface area contributed by atoms with Crippen LogP contribution in [-0.2, 0) is 6.18 Å². The van der Waals surface area contributed by atoms with Crippen LogP contribution in [0.15, 0.2) is 23.3 Å². The maximum atomic E-state index is 12.7. The second kappa shape index (κ2) is 7.33. The van der Waals surface area contributed by atoms with Gasteiger partial charge in [-0.05, 0) is 30.9 Å². The number of nitrogens with one attached hydrogen (secondary N) is 1. The smallest absolute Gasteiger partial charge is 0.421 e. The van der Waals surface area contributed by atoms with E-state index in [0.717, 1.165) is 6.07 Å². The van der Waals surface area contributed by atoms with Crippen LogP contribution >= 0.6 is 0 Å². The molecule has 1 aromatic rings. The molecule has 1 heterocycles. The minimum atomic E-state index is -4.49. The van der Waals surface area contributed by atoms with Gasteiger partial charge >= 0.3 is 6.18 Å². The van der Waals surface area contributed by atoms with E-state index >= 15 is 0 Å². The predicted octanol–water partition coefficient (Wildman–Crippen LogP) is 2.18. The topological polar surface area (TPSA) is 72.5 Å². The van der Waals surface area contributed by atoms with Crippen molar-refractivity contribution >= 4 is 5.96 Å². The summed E-state index contributed by atoms with van der Waals surface area (Å²) in [7, 11) is 0. The number of alkyl halides is 3. The number of nitrogens with two attached hydrogens (primary N) is 1. The van der Waals surface area contributed by atoms with Gasteiger partial charge in [0.15, 0.2) is 5.96 Å². The fraction of sp³-hybridized carbons (Fsp3) is 0.571. The summed E-state index contributed by atoms with van der Waals surface area (Å²) in [5.74, 6) is 0.466. The summed E-state index contributed by atoms with van der Waals surface area (Å²) in [5.41, 5.74) is 4.78. The van der Waals surface area contributed by atoms with Crippen molar-refractivity contribution in [3.05, 3.63) is 23.9 Å². The molecule has 5 nitrogen and oxygen atoms in total. The minimum absolute atomic E-state index is 0.0136. The average Bonchev–Trinajstić information content (AvgIpc) is 2.41. The zero-order chi connectivity index (χ0) is 16.0. The summed E-state index contributed by atoms with van der Waals surface area (Å²) in [4.78, 5) is 7.79. The Hall–Kier alpha value is -1.99. The van der Waals surface area contributed by atoms with Crippen LogP contribution in [0.3, 0.4) is 0 Å². The quantitative estimate of drug-likeness (QED) is 0.479. The first-order valence-corrected chi connectivity index (χ1v) is 7.15. The molecule has 0 aromatic carbocycles. The highest BCUT2D eigenvalue weighted by Gasteiger charge is 2.34. The molecule has 1 saturated carbocycles. The lowest BCUT2D eigenvalue weighted by Gasteiger charge is -2.23. The molecule has 0 spiro atoms. The summed E-state index contributed by atoms with van der Waals surface area (Å²) < 4.78 is 43.2. The minimum Gasteiger partial charge on any atom is -0.475 e. The first-order valence-electron chi connectivity index (χ1n) is 7.15. The van der Waals surface area contributed by atoms with Gasteiger partial charge in [0.25, 0.3) is 0 Å². The van der Waals surface area contributed by atoms with Crippen molar-refractivity contribution < 1.29 is 17.9 Å². The molecular weight excluding hydrogens is 297 g/mol. The van der Waals surface area contributed by atoms with Crippen LogP contribution in [0, 0.1) is 5.92 Å². The first-order chi connectivity index (χ1) is 10.5. The zero-order valence-corrected chi connectivity index (χ0v) is 12.1. The fourth-order valence-electron chi connectivity index (χ4n) is 2.01. The third-order valence-corrected chi connectivity index (χ3v) is 3.47. The molecule has 1 aliphatic rings. The lowest BCUT2D eigenvalue weighted by molar-refractivity contribution is -0.139. The Balaban J connectivity index is 1.74. The Morgan fingerprint density at radius 3 is 2.86 bits per heavy atom. The van der Waals surface area contributed by atoms with Crippen LogP contribution in [0.2, 0.25) is 0 Å². The van der Waals surface area contributed by atoms with E-state index in [1.807, 2.05) is 0 Å². The Kier molecular flexibility index (Phi) is 5.46. The molecule has 0 atom stereocenters. The molecule has 122 valence electrons. The molecule has 3 N–H and O–H groups in total. The number of ether oxygens (including phenoxy) is 1. The molecule has 0 aliphatic heterocycles. The molecule has 0 radical (unpaired) electrons. The number of nitrogens with zero attached hydrogens (tertiary/aromatic N) is 2. The average molecular weight is 316 g/mol. The highest BCUT2D eigenvalue weighted by atomic mass is 19.4. The lowest BCUT2D eigenvalue weighted by Crippen LogP contribution is -2.35. The van der Waals surface area contributed by atoms with E-state index < -0.39 is 17.6 Å². The van der Waals surface area contributed by atoms with Crippen LogP contribution in [0.1, 0.15) is 24.8 Å². The molecule has 2 rings (SSSR count). The molecule has 0 unspecified atom stereocenters. The number of aliphatic imine (C=N–C) groups is 1. The van der Waals surface area contributed by atoms with Crippen molar-refractivity contribution in [2.45, 2.75) is 25.4 Å². The van der Waals surface area contributed by atoms with Crippen molar-refractivity contribution in [3.63, 3.8) is 0 Å². The maximum Gasteiger partial charge on any atom is 0.421 e. The van der Waals surface area contributed by atoms with E-state index in [-0.39, 0.29) is 19.1 Å². The van der Waals surface area contributed by atoms with Crippen molar-refractivity contribution in [2.24, 2.45) is 16.6 Å². The normalized spacial score (nSPS) is 16.2. The highest BCUT2D eigenvalue weighted by molar-refractivity contribution is 5.77. The SMILES string of the molecule is NC(=NCC1CCC1)NCCOc1ncccc1C(F)(F)F. The molecule has 1 aromatic heterocycles. The molecular formula is C14H19F3N4O. The van der Waals surface area contributed by atoms with Crippen LogP contribution in [0.4, 0.5) is 13.2 Å². The predicted molar refractivity (Wildman–Crippen MR) is 76.6 cm³/mol. The van der Waals surface area contributed by atoms with Gasteiger partial charge in [0.2, 0.25) is 5.88 Å². The number of rotatable bonds is 6. The first kappa shape index (κ1) is 16.4. The number of pyridine rings is 1. The highest BCUT2D eigenvalue weighted by Crippen LogP contribution is 2.34. The second-order valence-corrected chi connectivity index (χ2v) is 5.15. The zero-order valence-electron chi connectivity index (χ0n) is 12.1. The Morgan fingerprint density at radius 1 is 1.45 bits per heavy atom. The number of aromatic nitrogens is 1. The number of hydrogen-bond acceptors (Lipinski definition) is 3. The summed E-state index contributed by atoms with van der Waals surface area (Å²) in [5, 5.41) is 2.81. The van der Waals surface area contributed by atoms with Gasteiger partial charge < -0.3 is 15.8 Å². The van der Waals surface area contributed by atoms with E-state index in [9.17, 15) is 13.2 Å². The summed E-state index contributed by atoms with van der Waals surface area (Å²) in [6, 6.07) is 2.16. The molecule has 0 amide bonds. The number of halogens is 3. The molecule has 8 heteroatoms. The van der Waals surface area contributed by atoms with E-state index in [2.05, 4.69) is 15.3 Å². The van der Waals surface area contributed by atoms with E-state index in [1.165, 1.54) is 31.5 Å². The molecule has 1 aliphatic carbocycles. The van der Waals surface area contributed by atoms with E-state index in [0.29, 0.717) is 12.5 Å². The largest absolute Gasteiger partial charge is 0.475 e.